The Kier molecular flexibility index (Phi) is 3890000. The van der Waals surface area contributed by atoms with E-state index >= 15 is 0 Å². The van der Waals surface area contributed by atoms with E-state index in [1.165, 1.54) is 0 Å². The van der Waals surface area contributed by atoms with Gasteiger partial charge in [0.25, 0.3) is 0 Å². The van der Waals surface area contributed by atoms with Crippen LogP contribution in [0.15, 0.2) is 0 Å². The Hall–Kier alpha value is 0.203. The first-order chi connectivity index (χ1) is 0. The van der Waals surface area contributed by atoms with Crippen LogP contribution in [0.1, 0.15) is 0 Å². The van der Waals surface area contributed by atoms with Gasteiger partial charge in [0.2, 0.25) is 0 Å². The summed E-state index contributed by atoms with van der Waals surface area (Å²) >= 11 is 0. The molecule has 0 radical (unpaired) electrons. The Bertz CT molecular complexity index is 4.14. The van der Waals surface area contributed by atoms with Crippen molar-refractivity contribution in [3.63, 3.8) is 0 Å². The van der Waals surface area contributed by atoms with E-state index in [0.29, 0.717) is 0 Å². The van der Waals surface area contributed by atoms with Gasteiger partial charge < -0.3 is 0 Å². The summed E-state index contributed by atoms with van der Waals surface area (Å²) in [6.45, 7) is 0. The van der Waals surface area contributed by atoms with Crippen LogP contribution in [0.3, 0.4) is 0 Å². The van der Waals surface area contributed by atoms with Gasteiger partial charge in [-0.05, 0) is 0 Å². The predicted octanol–water partition coefficient (Wildman–Crippen LogP) is 0.912. The van der Waals surface area contributed by atoms with Crippen LogP contribution in [0.25, 0.3) is 0 Å². The summed E-state index contributed by atoms with van der Waals surface area (Å²) in [5.74, 6) is 0. The van der Waals surface area contributed by atoms with Crippen molar-refractivity contribution in [2.24, 2.45) is 0 Å². The largest absolute Gasteiger partial charge is 0.269 e. The van der Waals surface area contributed by atoms with Crippen molar-refractivity contribution in [3.8, 4) is 0 Å². The van der Waals surface area contributed by atoms with Gasteiger partial charge in [-0.15, -0.1) is 0 Å². The zero-order chi connectivity index (χ0) is 0. The van der Waals surface area contributed by atoms with Gasteiger partial charge in [0.1, 0.15) is 0 Å². The van der Waals surface area contributed by atoms with Gasteiger partial charge in [-0.2, -0.15) is 0 Å². The van der Waals surface area contributed by atoms with Gasteiger partial charge in [-0.25, -0.2) is 0 Å². The standard InChI is InChI=1S/6FH.Ru/h6*1H;. The molecular weight excluding hydrogens is 215 g/mol. The molecule has 0 fully saturated rings. The first kappa shape index (κ1) is 6700. The van der Waals surface area contributed by atoms with E-state index in [-0.39, 0.29) is 47.7 Å². The van der Waals surface area contributed by atoms with Crippen LogP contribution in [-0.2, 0) is 19.5 Å². The average Bonchev–Trinajstić information content (AvgIpc) is 0. The van der Waals surface area contributed by atoms with E-state index in [1.54, 1.807) is 0 Å². The molecule has 0 amide bonds. The molecule has 0 aliphatic rings. The molecule has 0 aromatic carbocycles. The van der Waals surface area contributed by atoms with Crippen LogP contribution >= 0.6 is 0 Å². The molecule has 0 bridgehead atoms. The minimum atomic E-state index is 0. The number of hydrogen-bond acceptors (Lipinski definition) is 0. The third kappa shape index (κ3) is 2650. The van der Waals surface area contributed by atoms with Crippen molar-refractivity contribution < 1.29 is 47.7 Å². The monoisotopic (exact) mass is 222 g/mol. The van der Waals surface area contributed by atoms with E-state index in [2.05, 4.69) is 0 Å². The average molecular weight is 221 g/mol. The zero-order valence-corrected chi connectivity index (χ0v) is 4.54. The zero-order valence-electron chi connectivity index (χ0n) is 2.80. The summed E-state index contributed by atoms with van der Waals surface area (Å²) in [4.78, 5) is 0. The molecule has 0 saturated heterocycles. The molecule has 56 valence electrons. The summed E-state index contributed by atoms with van der Waals surface area (Å²) < 4.78 is 0. The van der Waals surface area contributed by atoms with Crippen LogP contribution in [0, 0.1) is 0 Å². The molecule has 0 aliphatic carbocycles. The Morgan fingerprint density at radius 3 is 0.286 bits per heavy atom. The van der Waals surface area contributed by atoms with E-state index in [1.807, 2.05) is 0 Å². The fourth-order valence-corrected chi connectivity index (χ4v) is 0. The van der Waals surface area contributed by atoms with Crippen LogP contribution in [0.5, 0.6) is 0 Å². The molecule has 0 heterocycles. The SMILES string of the molecule is F.F.F.F.F.F.[Ru]. The molecule has 7 heavy (non-hydrogen) atoms. The molecule has 0 aromatic rings. The molecule has 0 aromatic heterocycles. The predicted molar refractivity (Wildman–Crippen MR) is 15.0 cm³/mol. The minimum absolute atomic E-state index is 0. The van der Waals surface area contributed by atoms with Gasteiger partial charge in [0.15, 0.2) is 0 Å². The minimum Gasteiger partial charge on any atom is -0.269 e. The molecule has 0 aliphatic heterocycles. The Labute approximate surface area is 48.6 Å². The van der Waals surface area contributed by atoms with Gasteiger partial charge in [-0.3, -0.25) is 28.2 Å². The second kappa shape index (κ2) is 4060. The van der Waals surface area contributed by atoms with Gasteiger partial charge in [0, 0.05) is 19.5 Å². The van der Waals surface area contributed by atoms with Crippen molar-refractivity contribution >= 4 is 0 Å². The number of halogens is 6. The summed E-state index contributed by atoms with van der Waals surface area (Å²) in [5, 5.41) is 0. The molecular formula is H6F6Ru. The van der Waals surface area contributed by atoms with Crippen molar-refractivity contribution in [1.29, 1.82) is 0 Å². The van der Waals surface area contributed by atoms with Crippen LogP contribution in [0.4, 0.5) is 28.2 Å². The third-order valence-electron chi connectivity index (χ3n) is 0. The van der Waals surface area contributed by atoms with E-state index < -0.39 is 0 Å². The maximum absolute atomic E-state index is 0. The smallest absolute Gasteiger partial charge is 0 e. The fraction of sp³-hybridized carbons (Fsp3) is 0. The van der Waals surface area contributed by atoms with E-state index in [9.17, 15) is 0 Å². The molecule has 0 spiro atoms. The Morgan fingerprint density at radius 2 is 0.286 bits per heavy atom. The van der Waals surface area contributed by atoms with E-state index in [4.69, 9.17) is 0 Å². The molecule has 0 unspecified atom stereocenters. The van der Waals surface area contributed by atoms with Crippen LogP contribution < -0.4 is 0 Å². The fourth-order valence-electron chi connectivity index (χ4n) is 0. The molecule has 7 heteroatoms. The third-order valence-corrected chi connectivity index (χ3v) is 0. The first-order valence-electron chi connectivity index (χ1n) is 0. The second-order valence-electron chi connectivity index (χ2n) is 0. The number of rotatable bonds is 0. The molecule has 0 N–H and O–H groups in total. The van der Waals surface area contributed by atoms with Crippen molar-refractivity contribution in [1.82, 2.24) is 0 Å². The van der Waals surface area contributed by atoms with Crippen molar-refractivity contribution in [2.45, 2.75) is 0 Å². The Balaban J connectivity index is 0. The van der Waals surface area contributed by atoms with Crippen LogP contribution in [0.2, 0.25) is 0 Å². The Morgan fingerprint density at radius 1 is 0.286 bits per heavy atom. The maximum atomic E-state index is 0. The van der Waals surface area contributed by atoms with Gasteiger partial charge in [0.05, 0.1) is 0 Å². The summed E-state index contributed by atoms with van der Waals surface area (Å²) in [5.41, 5.74) is 0. The maximum Gasteiger partial charge on any atom is 0 e. The molecule has 0 rings (SSSR count). The van der Waals surface area contributed by atoms with Crippen molar-refractivity contribution in [2.75, 3.05) is 0 Å². The normalized spacial score (nSPS) is 0. The first-order valence-corrected chi connectivity index (χ1v) is 0. The topological polar surface area (TPSA) is 0 Å². The summed E-state index contributed by atoms with van der Waals surface area (Å²) in [6, 6.07) is 0. The van der Waals surface area contributed by atoms with Crippen molar-refractivity contribution in [3.05, 3.63) is 0 Å². The quantitative estimate of drug-likeness (QED) is 0.421. The van der Waals surface area contributed by atoms with Gasteiger partial charge >= 0.3 is 0 Å². The summed E-state index contributed by atoms with van der Waals surface area (Å²) in [6.07, 6.45) is 0. The molecule has 0 saturated carbocycles. The van der Waals surface area contributed by atoms with Gasteiger partial charge in [-0.1, -0.05) is 0 Å². The van der Waals surface area contributed by atoms with E-state index in [0.717, 1.165) is 0 Å². The molecule has 0 nitrogen and oxygen atoms in total. The summed E-state index contributed by atoms with van der Waals surface area (Å²) in [7, 11) is 0. The number of hydrogen-bond donors (Lipinski definition) is 0. The van der Waals surface area contributed by atoms with Crippen LogP contribution in [-0.4, -0.2) is 0 Å². The second-order valence-corrected chi connectivity index (χ2v) is 0. The molecule has 0 atom stereocenters.